The molecule has 3 N–H and O–H groups in total. The summed E-state index contributed by atoms with van der Waals surface area (Å²) in [5.74, 6) is 1.90. The highest BCUT2D eigenvalue weighted by Gasteiger charge is 2.54. The first-order valence-electron chi connectivity index (χ1n) is 9.04. The third-order valence-electron chi connectivity index (χ3n) is 5.41. The number of nitrogens with one attached hydrogen (secondary N) is 1. The Morgan fingerprint density at radius 3 is 2.89 bits per heavy atom. The van der Waals surface area contributed by atoms with Crippen LogP contribution in [0.4, 0.5) is 0 Å². The Hall–Kier alpha value is -1.64. The molecule has 1 saturated heterocycles. The van der Waals surface area contributed by atoms with Crippen LogP contribution in [0.1, 0.15) is 23.7 Å². The van der Waals surface area contributed by atoms with Crippen molar-refractivity contribution in [3.8, 4) is 0 Å². The first-order chi connectivity index (χ1) is 13.0. The summed E-state index contributed by atoms with van der Waals surface area (Å²) in [5, 5.41) is 5.71. The second kappa shape index (κ2) is 7.41. The number of carbonyl (C=O) groups excluding carboxylic acids is 1. The summed E-state index contributed by atoms with van der Waals surface area (Å²) in [6.45, 7) is 2.65. The average Bonchev–Trinajstić information content (AvgIpc) is 3.02. The van der Waals surface area contributed by atoms with Gasteiger partial charge in [0.15, 0.2) is 5.17 Å². The SMILES string of the molecule is C[C@H]1C[C@H]2CSC(NC(=O)c3ccccc3)=N[C@@]2(C2SC=C(N)N2C)CO1. The number of rotatable bonds is 2. The highest BCUT2D eigenvalue weighted by molar-refractivity contribution is 8.14. The standard InChI is InChI=1S/C19H24N4O2S2/c1-12-8-14-9-27-18(21-16(24)13-6-4-3-5-7-13)22-19(14,11-25-12)17-23(2)15(20)10-26-17/h3-7,10,12,14,17H,8-9,11,20H2,1-2H3,(H,21,22,24)/t12-,14-,17?,19-/m0/s1. The minimum Gasteiger partial charge on any atom is -0.385 e. The van der Waals surface area contributed by atoms with E-state index in [2.05, 4.69) is 17.1 Å². The fraction of sp³-hybridized carbons (Fsp3) is 0.474. The van der Waals surface area contributed by atoms with Gasteiger partial charge in [-0.1, -0.05) is 30.0 Å². The van der Waals surface area contributed by atoms with Crippen molar-refractivity contribution >= 4 is 34.6 Å². The number of thioether (sulfide) groups is 2. The van der Waals surface area contributed by atoms with Gasteiger partial charge in [-0.05, 0) is 25.5 Å². The molecule has 8 heteroatoms. The van der Waals surface area contributed by atoms with E-state index in [1.54, 1.807) is 35.7 Å². The van der Waals surface area contributed by atoms with Crippen molar-refractivity contribution in [3.63, 3.8) is 0 Å². The van der Waals surface area contributed by atoms with Gasteiger partial charge in [0.2, 0.25) is 0 Å². The summed E-state index contributed by atoms with van der Waals surface area (Å²) < 4.78 is 6.05. The number of amidine groups is 1. The molecule has 27 heavy (non-hydrogen) atoms. The Kier molecular flexibility index (Phi) is 5.13. The molecule has 0 aliphatic carbocycles. The molecule has 0 bridgehead atoms. The molecule has 3 aliphatic heterocycles. The number of hydrogen-bond donors (Lipinski definition) is 2. The van der Waals surface area contributed by atoms with Crippen molar-refractivity contribution in [2.75, 3.05) is 19.4 Å². The lowest BCUT2D eigenvalue weighted by atomic mass is 9.79. The molecule has 1 aromatic rings. The molecule has 3 aliphatic rings. The van der Waals surface area contributed by atoms with Crippen LogP contribution in [0.15, 0.2) is 46.6 Å². The van der Waals surface area contributed by atoms with Crippen LogP contribution in [0.3, 0.4) is 0 Å². The Morgan fingerprint density at radius 2 is 2.19 bits per heavy atom. The molecular weight excluding hydrogens is 380 g/mol. The van der Waals surface area contributed by atoms with Crippen molar-refractivity contribution in [2.45, 2.75) is 30.4 Å². The zero-order valence-electron chi connectivity index (χ0n) is 15.4. The number of fused-ring (bicyclic) bond motifs is 1. The average molecular weight is 405 g/mol. The van der Waals surface area contributed by atoms with Crippen molar-refractivity contribution in [1.82, 2.24) is 10.2 Å². The van der Waals surface area contributed by atoms with E-state index < -0.39 is 5.54 Å². The van der Waals surface area contributed by atoms with Gasteiger partial charge in [-0.2, -0.15) is 0 Å². The lowest BCUT2D eigenvalue weighted by Crippen LogP contribution is -2.61. The molecule has 0 aromatic heterocycles. The van der Waals surface area contributed by atoms with Crippen LogP contribution < -0.4 is 11.1 Å². The van der Waals surface area contributed by atoms with Crippen molar-refractivity contribution < 1.29 is 9.53 Å². The van der Waals surface area contributed by atoms with E-state index in [9.17, 15) is 4.79 Å². The van der Waals surface area contributed by atoms with Crippen LogP contribution in [0.25, 0.3) is 0 Å². The maximum atomic E-state index is 12.6. The largest absolute Gasteiger partial charge is 0.385 e. The minimum absolute atomic E-state index is 0.0690. The monoisotopic (exact) mass is 404 g/mol. The van der Waals surface area contributed by atoms with Gasteiger partial charge >= 0.3 is 0 Å². The Balaban J connectivity index is 1.62. The van der Waals surface area contributed by atoms with E-state index in [4.69, 9.17) is 15.5 Å². The number of likely N-dealkylation sites (N-methyl/N-ethyl adjacent to an activating group) is 1. The van der Waals surface area contributed by atoms with Gasteiger partial charge in [0, 0.05) is 29.7 Å². The van der Waals surface area contributed by atoms with E-state index in [1.165, 1.54) is 0 Å². The van der Waals surface area contributed by atoms with Crippen molar-refractivity contribution in [2.24, 2.45) is 16.6 Å². The summed E-state index contributed by atoms with van der Waals surface area (Å²) >= 11 is 3.31. The van der Waals surface area contributed by atoms with Gasteiger partial charge in [0.05, 0.1) is 12.7 Å². The lowest BCUT2D eigenvalue weighted by molar-refractivity contribution is -0.0551. The zero-order chi connectivity index (χ0) is 19.0. The van der Waals surface area contributed by atoms with Crippen LogP contribution >= 0.6 is 23.5 Å². The Bertz CT molecular complexity index is 785. The van der Waals surface area contributed by atoms with Crippen LogP contribution in [0.2, 0.25) is 0 Å². The smallest absolute Gasteiger partial charge is 0.257 e. The van der Waals surface area contributed by atoms with E-state index >= 15 is 0 Å². The molecule has 1 aromatic carbocycles. The Labute approximate surface area is 168 Å². The number of ether oxygens (including phenoxy) is 1. The van der Waals surface area contributed by atoms with E-state index in [0.29, 0.717) is 23.3 Å². The van der Waals surface area contributed by atoms with Crippen LogP contribution in [-0.2, 0) is 4.74 Å². The van der Waals surface area contributed by atoms with Gasteiger partial charge in [0.1, 0.15) is 16.7 Å². The molecule has 4 rings (SSSR count). The molecule has 144 valence electrons. The fourth-order valence-electron chi connectivity index (χ4n) is 3.85. The normalized spacial score (nSPS) is 33.1. The molecule has 0 radical (unpaired) electrons. The van der Waals surface area contributed by atoms with Gasteiger partial charge in [-0.3, -0.25) is 4.79 Å². The lowest BCUT2D eigenvalue weighted by Gasteiger charge is -2.50. The first kappa shape index (κ1) is 18.7. The van der Waals surface area contributed by atoms with Crippen LogP contribution in [0, 0.1) is 5.92 Å². The molecule has 1 amide bonds. The quantitative estimate of drug-likeness (QED) is 0.788. The number of nitrogens with zero attached hydrogens (tertiary/aromatic N) is 2. The minimum atomic E-state index is -0.423. The highest BCUT2D eigenvalue weighted by atomic mass is 32.2. The molecule has 0 saturated carbocycles. The van der Waals surface area contributed by atoms with E-state index in [1.807, 2.05) is 30.7 Å². The predicted molar refractivity (Wildman–Crippen MR) is 111 cm³/mol. The molecule has 0 spiro atoms. The topological polar surface area (TPSA) is 80.0 Å². The van der Waals surface area contributed by atoms with Crippen molar-refractivity contribution in [1.29, 1.82) is 0 Å². The summed E-state index contributed by atoms with van der Waals surface area (Å²) in [6, 6.07) is 9.22. The maximum Gasteiger partial charge on any atom is 0.257 e. The molecule has 4 atom stereocenters. The van der Waals surface area contributed by atoms with Gasteiger partial charge < -0.3 is 20.7 Å². The zero-order valence-corrected chi connectivity index (χ0v) is 17.1. The van der Waals surface area contributed by atoms with Gasteiger partial charge in [-0.25, -0.2) is 4.99 Å². The molecule has 1 fully saturated rings. The van der Waals surface area contributed by atoms with Crippen LogP contribution in [0.5, 0.6) is 0 Å². The van der Waals surface area contributed by atoms with Crippen LogP contribution in [-0.4, -0.2) is 52.4 Å². The third-order valence-corrected chi connectivity index (χ3v) is 7.81. The Morgan fingerprint density at radius 1 is 1.41 bits per heavy atom. The second-order valence-electron chi connectivity index (χ2n) is 7.24. The first-order valence-corrected chi connectivity index (χ1v) is 11.0. The summed E-state index contributed by atoms with van der Waals surface area (Å²) in [4.78, 5) is 19.7. The van der Waals surface area contributed by atoms with E-state index in [0.717, 1.165) is 18.0 Å². The number of hydrogen-bond acceptors (Lipinski definition) is 7. The molecular formula is C19H24N4O2S2. The van der Waals surface area contributed by atoms with Gasteiger partial charge in [-0.15, -0.1) is 11.8 Å². The highest BCUT2D eigenvalue weighted by Crippen LogP contribution is 2.48. The number of carbonyl (C=O) groups is 1. The third kappa shape index (κ3) is 3.46. The second-order valence-corrected chi connectivity index (χ2v) is 9.20. The number of amides is 1. The molecule has 6 nitrogen and oxygen atoms in total. The summed E-state index contributed by atoms with van der Waals surface area (Å²) in [5.41, 5.74) is 6.32. The number of benzene rings is 1. The predicted octanol–water partition coefficient (Wildman–Crippen LogP) is 2.45. The molecule has 3 heterocycles. The summed E-state index contributed by atoms with van der Waals surface area (Å²) in [6.07, 6.45) is 1.18. The molecule has 1 unspecified atom stereocenters. The van der Waals surface area contributed by atoms with E-state index in [-0.39, 0.29) is 17.4 Å². The number of aliphatic imine (C=N–C) groups is 1. The number of nitrogens with two attached hydrogens (primary N) is 1. The van der Waals surface area contributed by atoms with Crippen molar-refractivity contribution in [3.05, 3.63) is 47.1 Å². The summed E-state index contributed by atoms with van der Waals surface area (Å²) in [7, 11) is 2.00. The maximum absolute atomic E-state index is 12.6. The fourth-order valence-corrected chi connectivity index (χ4v) is 6.32. The van der Waals surface area contributed by atoms with Gasteiger partial charge in [0.25, 0.3) is 5.91 Å².